The molecule has 2 unspecified atom stereocenters. The van der Waals surface area contributed by atoms with Crippen LogP contribution in [0.25, 0.3) is 10.9 Å². The molecule has 2 aromatic rings. The summed E-state index contributed by atoms with van der Waals surface area (Å²) in [6.07, 6.45) is 4.29. The van der Waals surface area contributed by atoms with Crippen LogP contribution in [0.5, 0.6) is 0 Å². The lowest BCUT2D eigenvalue weighted by atomic mass is 9.94. The van der Waals surface area contributed by atoms with Gasteiger partial charge in [-0.25, -0.2) is 9.97 Å². The van der Waals surface area contributed by atoms with Crippen LogP contribution in [-0.2, 0) is 0 Å². The summed E-state index contributed by atoms with van der Waals surface area (Å²) in [5, 5.41) is 1.09. The van der Waals surface area contributed by atoms with Gasteiger partial charge in [0, 0.05) is 24.2 Å². The number of aromatic nitrogens is 2. The third-order valence-corrected chi connectivity index (χ3v) is 4.05. The minimum atomic E-state index is 0.490. The quantitative estimate of drug-likeness (QED) is 0.895. The molecule has 0 spiro atoms. The second kappa shape index (κ2) is 5.13. The SMILES string of the molecule is CC1CCC(CN)CN1c1ncc2ccccc2n1. The molecule has 1 saturated heterocycles. The maximum absolute atomic E-state index is 5.81. The minimum Gasteiger partial charge on any atom is -0.338 e. The van der Waals surface area contributed by atoms with Gasteiger partial charge in [-0.05, 0) is 38.3 Å². The van der Waals surface area contributed by atoms with Crippen LogP contribution in [0.2, 0.25) is 0 Å². The molecule has 100 valence electrons. The van der Waals surface area contributed by atoms with Crippen molar-refractivity contribution in [2.24, 2.45) is 11.7 Å². The fourth-order valence-corrected chi connectivity index (χ4v) is 2.75. The van der Waals surface area contributed by atoms with E-state index in [4.69, 9.17) is 10.7 Å². The van der Waals surface area contributed by atoms with E-state index >= 15 is 0 Å². The zero-order valence-electron chi connectivity index (χ0n) is 11.3. The van der Waals surface area contributed by atoms with E-state index in [0.29, 0.717) is 12.0 Å². The number of nitrogens with zero attached hydrogens (tertiary/aromatic N) is 3. The maximum Gasteiger partial charge on any atom is 0.226 e. The van der Waals surface area contributed by atoms with Gasteiger partial charge in [-0.15, -0.1) is 0 Å². The summed E-state index contributed by atoms with van der Waals surface area (Å²) in [6.45, 7) is 3.96. The predicted molar refractivity (Wildman–Crippen MR) is 78.1 cm³/mol. The van der Waals surface area contributed by atoms with Crippen LogP contribution in [-0.4, -0.2) is 29.1 Å². The summed E-state index contributed by atoms with van der Waals surface area (Å²) in [6, 6.07) is 8.60. The molecular weight excluding hydrogens is 236 g/mol. The van der Waals surface area contributed by atoms with Crippen LogP contribution in [0.3, 0.4) is 0 Å². The Morgan fingerprint density at radius 1 is 1.32 bits per heavy atom. The van der Waals surface area contributed by atoms with Crippen LogP contribution in [0.15, 0.2) is 30.5 Å². The van der Waals surface area contributed by atoms with Crippen molar-refractivity contribution in [3.8, 4) is 0 Å². The molecule has 0 radical (unpaired) electrons. The molecule has 2 N–H and O–H groups in total. The van der Waals surface area contributed by atoms with Gasteiger partial charge in [0.1, 0.15) is 0 Å². The van der Waals surface area contributed by atoms with E-state index in [1.165, 1.54) is 6.42 Å². The van der Waals surface area contributed by atoms with E-state index in [-0.39, 0.29) is 0 Å². The van der Waals surface area contributed by atoms with Crippen LogP contribution in [0.4, 0.5) is 5.95 Å². The Bertz CT molecular complexity index is 569. The third-order valence-electron chi connectivity index (χ3n) is 4.05. The van der Waals surface area contributed by atoms with E-state index < -0.39 is 0 Å². The summed E-state index contributed by atoms with van der Waals surface area (Å²) in [5.74, 6) is 1.40. The first-order chi connectivity index (χ1) is 9.28. The summed E-state index contributed by atoms with van der Waals surface area (Å²) >= 11 is 0. The minimum absolute atomic E-state index is 0.490. The average molecular weight is 256 g/mol. The molecule has 1 aromatic heterocycles. The fourth-order valence-electron chi connectivity index (χ4n) is 2.75. The molecule has 1 aliphatic rings. The third kappa shape index (κ3) is 2.40. The van der Waals surface area contributed by atoms with E-state index in [2.05, 4.69) is 16.8 Å². The van der Waals surface area contributed by atoms with Gasteiger partial charge in [0.05, 0.1) is 5.52 Å². The molecule has 0 bridgehead atoms. The van der Waals surface area contributed by atoms with Gasteiger partial charge in [0.2, 0.25) is 5.95 Å². The highest BCUT2D eigenvalue weighted by Crippen LogP contribution is 2.25. The first kappa shape index (κ1) is 12.4. The molecule has 4 heteroatoms. The van der Waals surface area contributed by atoms with E-state index in [0.717, 1.165) is 36.4 Å². The molecule has 1 aromatic carbocycles. The Labute approximate surface area is 113 Å². The predicted octanol–water partition coefficient (Wildman–Crippen LogP) is 2.19. The highest BCUT2D eigenvalue weighted by atomic mass is 15.3. The van der Waals surface area contributed by atoms with Crippen LogP contribution in [0, 0.1) is 5.92 Å². The number of para-hydroxylation sites is 1. The van der Waals surface area contributed by atoms with Gasteiger partial charge in [-0.1, -0.05) is 18.2 Å². The van der Waals surface area contributed by atoms with Crippen molar-refractivity contribution in [3.05, 3.63) is 30.5 Å². The molecule has 1 fully saturated rings. The number of benzene rings is 1. The molecule has 3 rings (SSSR count). The number of nitrogens with two attached hydrogens (primary N) is 1. The van der Waals surface area contributed by atoms with Gasteiger partial charge < -0.3 is 10.6 Å². The summed E-state index contributed by atoms with van der Waals surface area (Å²) in [4.78, 5) is 11.5. The number of rotatable bonds is 2. The lowest BCUT2D eigenvalue weighted by Crippen LogP contribution is -2.44. The summed E-state index contributed by atoms with van der Waals surface area (Å²) < 4.78 is 0. The van der Waals surface area contributed by atoms with Crippen molar-refractivity contribution in [2.45, 2.75) is 25.8 Å². The van der Waals surface area contributed by atoms with Gasteiger partial charge >= 0.3 is 0 Å². The number of piperidine rings is 1. The molecule has 2 atom stereocenters. The Morgan fingerprint density at radius 2 is 2.16 bits per heavy atom. The summed E-state index contributed by atoms with van der Waals surface area (Å²) in [5.41, 5.74) is 6.82. The van der Waals surface area contributed by atoms with Gasteiger partial charge in [0.25, 0.3) is 0 Å². The first-order valence-electron chi connectivity index (χ1n) is 6.96. The molecule has 2 heterocycles. The van der Waals surface area contributed by atoms with E-state index in [1.54, 1.807) is 0 Å². The fraction of sp³-hybridized carbons (Fsp3) is 0.467. The van der Waals surface area contributed by atoms with Crippen LogP contribution >= 0.6 is 0 Å². The number of anilines is 1. The largest absolute Gasteiger partial charge is 0.338 e. The normalized spacial score (nSPS) is 23.8. The topological polar surface area (TPSA) is 55.0 Å². The highest BCUT2D eigenvalue weighted by molar-refractivity contribution is 5.78. The molecule has 0 amide bonds. The van der Waals surface area contributed by atoms with Crippen molar-refractivity contribution < 1.29 is 0 Å². The smallest absolute Gasteiger partial charge is 0.226 e. The number of hydrogen-bond acceptors (Lipinski definition) is 4. The van der Waals surface area contributed by atoms with Crippen LogP contribution < -0.4 is 10.6 Å². The Hall–Kier alpha value is -1.68. The first-order valence-corrected chi connectivity index (χ1v) is 6.96. The number of hydrogen-bond donors (Lipinski definition) is 1. The summed E-state index contributed by atoms with van der Waals surface area (Å²) in [7, 11) is 0. The lowest BCUT2D eigenvalue weighted by Gasteiger charge is -2.37. The Balaban J connectivity index is 1.93. The monoisotopic (exact) mass is 256 g/mol. The molecule has 0 aliphatic carbocycles. The second-order valence-corrected chi connectivity index (χ2v) is 5.41. The zero-order valence-corrected chi connectivity index (χ0v) is 11.3. The van der Waals surface area contributed by atoms with E-state index in [9.17, 15) is 0 Å². The highest BCUT2D eigenvalue weighted by Gasteiger charge is 2.26. The average Bonchev–Trinajstić information content (AvgIpc) is 2.47. The van der Waals surface area contributed by atoms with E-state index in [1.807, 2.05) is 30.5 Å². The van der Waals surface area contributed by atoms with Gasteiger partial charge in [0.15, 0.2) is 0 Å². The Morgan fingerprint density at radius 3 is 3.00 bits per heavy atom. The van der Waals surface area contributed by atoms with Crippen LogP contribution in [0.1, 0.15) is 19.8 Å². The Kier molecular flexibility index (Phi) is 3.34. The molecule has 1 aliphatic heterocycles. The van der Waals surface area contributed by atoms with Gasteiger partial charge in [-0.2, -0.15) is 0 Å². The zero-order chi connectivity index (χ0) is 13.2. The molecule has 0 saturated carbocycles. The van der Waals surface area contributed by atoms with Gasteiger partial charge in [-0.3, -0.25) is 0 Å². The van der Waals surface area contributed by atoms with Crippen molar-refractivity contribution in [1.29, 1.82) is 0 Å². The van der Waals surface area contributed by atoms with Crippen molar-refractivity contribution in [1.82, 2.24) is 9.97 Å². The molecule has 19 heavy (non-hydrogen) atoms. The number of fused-ring (bicyclic) bond motifs is 1. The van der Waals surface area contributed by atoms with Crippen molar-refractivity contribution >= 4 is 16.9 Å². The molecule has 4 nitrogen and oxygen atoms in total. The lowest BCUT2D eigenvalue weighted by molar-refractivity contribution is 0.370. The molecular formula is C15H20N4. The van der Waals surface area contributed by atoms with Crippen molar-refractivity contribution in [3.63, 3.8) is 0 Å². The van der Waals surface area contributed by atoms with Crippen molar-refractivity contribution in [2.75, 3.05) is 18.0 Å². The standard InChI is InChI=1S/C15H20N4/c1-11-6-7-12(8-16)10-19(11)15-17-9-13-4-2-3-5-14(13)18-15/h2-5,9,11-12H,6-8,10,16H2,1H3. The second-order valence-electron chi connectivity index (χ2n) is 5.41. The maximum atomic E-state index is 5.81.